The topological polar surface area (TPSA) is 76.1 Å². The van der Waals surface area contributed by atoms with Crippen molar-refractivity contribution in [3.8, 4) is 5.75 Å². The van der Waals surface area contributed by atoms with Crippen LogP contribution in [0.2, 0.25) is 0 Å². The number of hydrogen-bond acceptors (Lipinski definition) is 5. The predicted octanol–water partition coefficient (Wildman–Crippen LogP) is 4.38. The summed E-state index contributed by atoms with van der Waals surface area (Å²) in [6, 6.07) is 15.0. The van der Waals surface area contributed by atoms with Gasteiger partial charge in [-0.2, -0.15) is 0 Å². The molecule has 3 rings (SSSR count). The van der Waals surface area contributed by atoms with Crippen LogP contribution in [0.5, 0.6) is 5.75 Å². The van der Waals surface area contributed by atoms with E-state index in [9.17, 15) is 9.18 Å². The lowest BCUT2D eigenvalue weighted by Gasteiger charge is -2.15. The molecule has 1 heterocycles. The lowest BCUT2D eigenvalue weighted by atomic mass is 10.2. The van der Waals surface area contributed by atoms with Crippen LogP contribution >= 0.6 is 0 Å². The van der Waals surface area contributed by atoms with Gasteiger partial charge in [0.2, 0.25) is 5.95 Å². The number of aromatic nitrogens is 2. The average molecular weight is 394 g/mol. The molecule has 2 N–H and O–H groups in total. The predicted molar refractivity (Wildman–Crippen MR) is 110 cm³/mol. The monoisotopic (exact) mass is 394 g/mol. The van der Waals surface area contributed by atoms with Gasteiger partial charge in [0.1, 0.15) is 17.3 Å². The van der Waals surface area contributed by atoms with E-state index in [1.165, 1.54) is 12.1 Å². The number of nitrogens with one attached hydrogen (secondary N) is 2. The molecule has 2 aromatic carbocycles. The Morgan fingerprint density at radius 1 is 1.10 bits per heavy atom. The number of ether oxygens (including phenoxy) is 1. The summed E-state index contributed by atoms with van der Waals surface area (Å²) in [5.74, 6) is 0.324. The summed E-state index contributed by atoms with van der Waals surface area (Å²) in [6.45, 7) is 5.96. The lowest BCUT2D eigenvalue weighted by molar-refractivity contribution is 0.0945. The SMILES string of the molecule is Cc1cc(C(=O)NCc2ccc(F)cc2)nc(Nc2ccccc2OC(C)C)n1. The van der Waals surface area contributed by atoms with Crippen LogP contribution in [-0.2, 0) is 6.54 Å². The van der Waals surface area contributed by atoms with Gasteiger partial charge in [0, 0.05) is 12.2 Å². The maximum absolute atomic E-state index is 13.0. The van der Waals surface area contributed by atoms with Crippen molar-refractivity contribution < 1.29 is 13.9 Å². The minimum absolute atomic E-state index is 0.0178. The van der Waals surface area contributed by atoms with Gasteiger partial charge in [-0.3, -0.25) is 4.79 Å². The lowest BCUT2D eigenvalue weighted by Crippen LogP contribution is -2.24. The zero-order chi connectivity index (χ0) is 20.8. The molecule has 3 aromatic rings. The second-order valence-electron chi connectivity index (χ2n) is 6.82. The molecule has 0 aliphatic rings. The van der Waals surface area contributed by atoms with Crippen molar-refractivity contribution in [1.29, 1.82) is 0 Å². The molecular weight excluding hydrogens is 371 g/mol. The van der Waals surface area contributed by atoms with Gasteiger partial charge in [-0.15, -0.1) is 0 Å². The zero-order valence-corrected chi connectivity index (χ0v) is 16.6. The largest absolute Gasteiger partial charge is 0.489 e. The Kier molecular flexibility index (Phi) is 6.39. The van der Waals surface area contributed by atoms with Crippen molar-refractivity contribution in [2.24, 2.45) is 0 Å². The Labute approximate surface area is 169 Å². The highest BCUT2D eigenvalue weighted by Crippen LogP contribution is 2.27. The molecule has 6 nitrogen and oxygen atoms in total. The fourth-order valence-corrected chi connectivity index (χ4v) is 2.66. The minimum Gasteiger partial charge on any atom is -0.489 e. The summed E-state index contributed by atoms with van der Waals surface area (Å²) in [5, 5.41) is 5.91. The van der Waals surface area contributed by atoms with Crippen LogP contribution in [0.25, 0.3) is 0 Å². The second kappa shape index (κ2) is 9.14. The van der Waals surface area contributed by atoms with E-state index >= 15 is 0 Å². The number of rotatable bonds is 7. The van der Waals surface area contributed by atoms with E-state index < -0.39 is 0 Å². The van der Waals surface area contributed by atoms with E-state index in [-0.39, 0.29) is 30.1 Å². The molecule has 150 valence electrons. The van der Waals surface area contributed by atoms with Crippen molar-refractivity contribution in [2.45, 2.75) is 33.4 Å². The molecule has 0 fully saturated rings. The quantitative estimate of drug-likeness (QED) is 0.622. The van der Waals surface area contributed by atoms with Gasteiger partial charge in [-0.05, 0) is 56.7 Å². The average Bonchev–Trinajstić information content (AvgIpc) is 2.68. The highest BCUT2D eigenvalue weighted by atomic mass is 19.1. The van der Waals surface area contributed by atoms with E-state index in [1.54, 1.807) is 25.1 Å². The summed E-state index contributed by atoms with van der Waals surface area (Å²) >= 11 is 0. The molecule has 0 spiro atoms. The first-order chi connectivity index (χ1) is 13.9. The molecular formula is C22H23FN4O2. The van der Waals surface area contributed by atoms with Crippen LogP contribution in [-0.4, -0.2) is 22.0 Å². The van der Waals surface area contributed by atoms with E-state index in [4.69, 9.17) is 4.74 Å². The number of nitrogens with zero attached hydrogens (tertiary/aromatic N) is 2. The molecule has 0 bridgehead atoms. The molecule has 1 aromatic heterocycles. The number of hydrogen-bond donors (Lipinski definition) is 2. The number of benzene rings is 2. The summed E-state index contributed by atoms with van der Waals surface area (Å²) in [5.41, 5.74) is 2.40. The van der Waals surface area contributed by atoms with Gasteiger partial charge in [-0.1, -0.05) is 24.3 Å². The van der Waals surface area contributed by atoms with Crippen LogP contribution in [0.1, 0.15) is 35.6 Å². The normalized spacial score (nSPS) is 10.7. The highest BCUT2D eigenvalue weighted by Gasteiger charge is 2.12. The summed E-state index contributed by atoms with van der Waals surface area (Å²) < 4.78 is 18.8. The van der Waals surface area contributed by atoms with E-state index in [0.717, 1.165) is 5.56 Å². The van der Waals surface area contributed by atoms with Crippen molar-refractivity contribution in [1.82, 2.24) is 15.3 Å². The van der Waals surface area contributed by atoms with Gasteiger partial charge in [-0.25, -0.2) is 14.4 Å². The van der Waals surface area contributed by atoms with Crippen LogP contribution in [0.3, 0.4) is 0 Å². The van der Waals surface area contributed by atoms with Gasteiger partial charge < -0.3 is 15.4 Å². The van der Waals surface area contributed by atoms with E-state index in [0.29, 0.717) is 23.1 Å². The fraction of sp³-hybridized carbons (Fsp3) is 0.227. The standard InChI is InChI=1S/C22H23FN4O2/c1-14(2)29-20-7-5-4-6-18(20)26-22-25-15(3)12-19(27-22)21(28)24-13-16-8-10-17(23)11-9-16/h4-12,14H,13H2,1-3H3,(H,24,28)(H,25,26,27). The molecule has 0 aliphatic carbocycles. The molecule has 29 heavy (non-hydrogen) atoms. The Morgan fingerprint density at radius 2 is 1.83 bits per heavy atom. The highest BCUT2D eigenvalue weighted by molar-refractivity contribution is 5.92. The number of para-hydroxylation sites is 2. The zero-order valence-electron chi connectivity index (χ0n) is 16.6. The van der Waals surface area contributed by atoms with Crippen LogP contribution in [0.15, 0.2) is 54.6 Å². The summed E-state index contributed by atoms with van der Waals surface area (Å²) in [4.78, 5) is 21.2. The number of carbonyl (C=O) groups is 1. The van der Waals surface area contributed by atoms with Gasteiger partial charge in [0.25, 0.3) is 5.91 Å². The Balaban J connectivity index is 1.74. The van der Waals surface area contributed by atoms with Gasteiger partial charge in [0.05, 0.1) is 11.8 Å². The summed E-state index contributed by atoms with van der Waals surface area (Å²) in [6.07, 6.45) is 0.0178. The Bertz CT molecular complexity index is 990. The van der Waals surface area contributed by atoms with E-state index in [2.05, 4.69) is 20.6 Å². The van der Waals surface area contributed by atoms with Crippen LogP contribution in [0, 0.1) is 12.7 Å². The molecule has 0 saturated carbocycles. The third kappa shape index (κ3) is 5.75. The first-order valence-electron chi connectivity index (χ1n) is 9.32. The van der Waals surface area contributed by atoms with Crippen molar-refractivity contribution in [3.63, 3.8) is 0 Å². The Morgan fingerprint density at radius 3 is 2.55 bits per heavy atom. The second-order valence-corrected chi connectivity index (χ2v) is 6.82. The molecule has 0 atom stereocenters. The summed E-state index contributed by atoms with van der Waals surface area (Å²) in [7, 11) is 0. The minimum atomic E-state index is -0.338. The van der Waals surface area contributed by atoms with Gasteiger partial charge >= 0.3 is 0 Å². The number of halogens is 1. The molecule has 0 radical (unpaired) electrons. The maximum atomic E-state index is 13.0. The fourth-order valence-electron chi connectivity index (χ4n) is 2.66. The third-order valence-corrected chi connectivity index (χ3v) is 3.95. The maximum Gasteiger partial charge on any atom is 0.270 e. The molecule has 7 heteroatoms. The van der Waals surface area contributed by atoms with E-state index in [1.807, 2.05) is 38.1 Å². The molecule has 0 saturated heterocycles. The first-order valence-corrected chi connectivity index (χ1v) is 9.32. The van der Waals surface area contributed by atoms with Crippen LogP contribution in [0.4, 0.5) is 16.0 Å². The molecule has 0 unspecified atom stereocenters. The smallest absolute Gasteiger partial charge is 0.270 e. The van der Waals surface area contributed by atoms with Crippen molar-refractivity contribution >= 4 is 17.5 Å². The number of carbonyl (C=O) groups excluding carboxylic acids is 1. The third-order valence-electron chi connectivity index (χ3n) is 3.95. The molecule has 1 amide bonds. The molecule has 0 aliphatic heterocycles. The Hall–Kier alpha value is -3.48. The van der Waals surface area contributed by atoms with Crippen molar-refractivity contribution in [2.75, 3.05) is 5.32 Å². The number of anilines is 2. The first kappa shape index (κ1) is 20.3. The van der Waals surface area contributed by atoms with Crippen molar-refractivity contribution in [3.05, 3.63) is 77.4 Å². The number of aryl methyl sites for hydroxylation is 1. The number of amides is 1. The van der Waals surface area contributed by atoms with Gasteiger partial charge in [0.15, 0.2) is 0 Å². The van der Waals surface area contributed by atoms with Crippen LogP contribution < -0.4 is 15.4 Å².